The molecule has 0 saturated heterocycles. The van der Waals surface area contributed by atoms with E-state index in [0.717, 1.165) is 42.1 Å². The van der Waals surface area contributed by atoms with E-state index in [4.69, 9.17) is 23.1 Å². The van der Waals surface area contributed by atoms with E-state index in [2.05, 4.69) is 9.69 Å². The number of aromatic nitrogens is 1. The van der Waals surface area contributed by atoms with Crippen LogP contribution in [-0.2, 0) is 11.3 Å². The monoisotopic (exact) mass is 517 g/mol. The lowest BCUT2D eigenvalue weighted by molar-refractivity contribution is -0.126. The molecule has 1 saturated carbocycles. The Balaban J connectivity index is 1.76. The van der Waals surface area contributed by atoms with Crippen LogP contribution >= 0.6 is 34.5 Å². The zero-order chi connectivity index (χ0) is 24.2. The summed E-state index contributed by atoms with van der Waals surface area (Å²) in [6.45, 7) is 0.172. The highest BCUT2D eigenvalue weighted by molar-refractivity contribution is 7.10. The fraction of sp³-hybridized carbons (Fsp3) is 0.304. The third-order valence-corrected chi connectivity index (χ3v) is 7.73. The Hall–Kier alpha value is -2.95. The van der Waals surface area contributed by atoms with E-state index in [-0.39, 0.29) is 34.8 Å². The lowest BCUT2D eigenvalue weighted by Gasteiger charge is -2.32. The van der Waals surface area contributed by atoms with Crippen molar-refractivity contribution in [3.63, 3.8) is 0 Å². The second-order valence-corrected chi connectivity index (χ2v) is 10.3. The molecule has 3 amide bonds. The number of amides is 3. The third kappa shape index (κ3) is 5.24. The van der Waals surface area contributed by atoms with E-state index < -0.39 is 17.9 Å². The summed E-state index contributed by atoms with van der Waals surface area (Å²) in [5, 5.41) is 5.54. The number of nitrogens with one attached hydrogen (secondary N) is 1. The van der Waals surface area contributed by atoms with Crippen LogP contribution in [0.3, 0.4) is 0 Å². The number of hydrogen-bond acceptors (Lipinski definition) is 7. The van der Waals surface area contributed by atoms with Crippen LogP contribution in [-0.4, -0.2) is 33.0 Å². The van der Waals surface area contributed by atoms with E-state index in [1.165, 1.54) is 16.2 Å². The third-order valence-electron chi connectivity index (χ3n) is 5.77. The molecule has 8 nitrogen and oxygen atoms in total. The number of hydrogen-bond donors (Lipinski definition) is 3. The summed E-state index contributed by atoms with van der Waals surface area (Å²) in [5.74, 6) is -1.60. The van der Waals surface area contributed by atoms with Crippen molar-refractivity contribution in [2.75, 3.05) is 5.73 Å². The second-order valence-electron chi connectivity index (χ2n) is 8.09. The summed E-state index contributed by atoms with van der Waals surface area (Å²) < 4.78 is 3.97. The molecule has 0 spiro atoms. The minimum Gasteiger partial charge on any atom is -0.395 e. The zero-order valence-corrected chi connectivity index (χ0v) is 20.6. The molecule has 3 aromatic rings. The topological polar surface area (TPSA) is 131 Å². The van der Waals surface area contributed by atoms with Gasteiger partial charge < -0.3 is 21.7 Å². The van der Waals surface area contributed by atoms with Gasteiger partial charge in [-0.25, -0.2) is 0 Å². The van der Waals surface area contributed by atoms with Crippen LogP contribution in [0.5, 0.6) is 0 Å². The molecule has 0 bridgehead atoms. The van der Waals surface area contributed by atoms with Gasteiger partial charge >= 0.3 is 0 Å². The number of nitrogens with zero attached hydrogens (tertiary/aromatic N) is 2. The van der Waals surface area contributed by atoms with Crippen molar-refractivity contribution < 1.29 is 14.4 Å². The molecular weight excluding hydrogens is 494 g/mol. The Labute approximate surface area is 210 Å². The Bertz CT molecular complexity index is 1170. The maximum atomic E-state index is 13.8. The van der Waals surface area contributed by atoms with E-state index in [0.29, 0.717) is 10.6 Å². The van der Waals surface area contributed by atoms with E-state index in [9.17, 15) is 14.4 Å². The number of benzene rings is 1. The maximum Gasteiger partial charge on any atom is 0.270 e. The van der Waals surface area contributed by atoms with Crippen molar-refractivity contribution in [3.05, 3.63) is 67.8 Å². The zero-order valence-electron chi connectivity index (χ0n) is 18.2. The second kappa shape index (κ2) is 10.5. The Morgan fingerprint density at radius 3 is 2.47 bits per heavy atom. The van der Waals surface area contributed by atoms with Gasteiger partial charge in [-0.1, -0.05) is 42.6 Å². The lowest BCUT2D eigenvalue weighted by Crippen LogP contribution is -2.45. The molecule has 4 rings (SSSR count). The van der Waals surface area contributed by atoms with Crippen LogP contribution in [0, 0.1) is 0 Å². The van der Waals surface area contributed by atoms with Gasteiger partial charge in [0.25, 0.3) is 11.8 Å². The predicted molar refractivity (Wildman–Crippen MR) is 134 cm³/mol. The van der Waals surface area contributed by atoms with Crippen molar-refractivity contribution in [2.24, 2.45) is 5.73 Å². The number of primary amides is 1. The van der Waals surface area contributed by atoms with E-state index >= 15 is 0 Å². The van der Waals surface area contributed by atoms with Crippen LogP contribution in [0.1, 0.15) is 62.3 Å². The normalized spacial score (nSPS) is 14.6. The van der Waals surface area contributed by atoms with Gasteiger partial charge in [0.1, 0.15) is 10.9 Å². The van der Waals surface area contributed by atoms with E-state index in [1.54, 1.807) is 24.3 Å². The number of carbonyl (C=O) groups is 3. The maximum absolute atomic E-state index is 13.8. The smallest absolute Gasteiger partial charge is 0.270 e. The Morgan fingerprint density at radius 1 is 1.18 bits per heavy atom. The first-order chi connectivity index (χ1) is 16.3. The van der Waals surface area contributed by atoms with Gasteiger partial charge in [-0.15, -0.1) is 11.3 Å². The average Bonchev–Trinajstić information content (AvgIpc) is 3.57. The van der Waals surface area contributed by atoms with Crippen molar-refractivity contribution in [1.29, 1.82) is 0 Å². The molecule has 1 aromatic carbocycles. The molecule has 0 aliphatic heterocycles. The highest BCUT2D eigenvalue weighted by Crippen LogP contribution is 2.32. The van der Waals surface area contributed by atoms with Crippen molar-refractivity contribution in [2.45, 2.75) is 44.3 Å². The molecule has 1 aliphatic carbocycles. The summed E-state index contributed by atoms with van der Waals surface area (Å²) in [6.07, 6.45) is 3.92. The molecule has 11 heteroatoms. The molecule has 1 atom stereocenters. The molecular formula is C23H24ClN5O3S2. The number of nitrogens with two attached hydrogens (primary N) is 2. The predicted octanol–water partition coefficient (Wildman–Crippen LogP) is 3.98. The Kier molecular flexibility index (Phi) is 7.50. The van der Waals surface area contributed by atoms with Gasteiger partial charge in [-0.2, -0.15) is 4.37 Å². The molecule has 0 radical (unpaired) electrons. The summed E-state index contributed by atoms with van der Waals surface area (Å²) in [6, 6.07) is 9.75. The number of carbonyl (C=O) groups excluding carboxylic acids is 3. The number of anilines is 1. The standard InChI is InChI=1S/C23H24ClN5O3S2/c24-14-9-7-13(8-10-14)19(22(31)27-15-4-1-2-5-15)29(12-16-6-3-11-33-16)23(32)20-17(25)18(21(26)30)28-34-20/h3,6-11,15,19H,1-2,4-5,12,25H2,(H2,26,30)(H,27,31)/t19-/m1/s1. The molecule has 1 aliphatic rings. The van der Waals surface area contributed by atoms with Crippen molar-refractivity contribution in [1.82, 2.24) is 14.6 Å². The largest absolute Gasteiger partial charge is 0.395 e. The first-order valence-corrected chi connectivity index (χ1v) is 12.8. The van der Waals surface area contributed by atoms with Crippen molar-refractivity contribution in [3.8, 4) is 0 Å². The first kappa shape index (κ1) is 24.2. The van der Waals surface area contributed by atoms with Crippen LogP contribution < -0.4 is 16.8 Å². The SMILES string of the molecule is NC(=O)c1nsc(C(=O)N(Cc2cccs2)[C@@H](C(=O)NC2CCCC2)c2ccc(Cl)cc2)c1N. The lowest BCUT2D eigenvalue weighted by atomic mass is 10.0. The van der Waals surface area contributed by atoms with Gasteiger partial charge in [-0.05, 0) is 53.5 Å². The summed E-state index contributed by atoms with van der Waals surface area (Å²) in [4.78, 5) is 41.5. The van der Waals surface area contributed by atoms with Crippen LogP contribution in [0.2, 0.25) is 5.02 Å². The Morgan fingerprint density at radius 2 is 1.88 bits per heavy atom. The highest BCUT2D eigenvalue weighted by atomic mass is 35.5. The van der Waals surface area contributed by atoms with Gasteiger partial charge in [0, 0.05) is 15.9 Å². The minimum atomic E-state index is -0.939. The van der Waals surface area contributed by atoms with Crippen molar-refractivity contribution >= 4 is 57.9 Å². The number of thiophene rings is 1. The number of halogens is 1. The minimum absolute atomic E-state index is 0.0657. The summed E-state index contributed by atoms with van der Waals surface area (Å²) in [7, 11) is 0. The van der Waals surface area contributed by atoms with Gasteiger partial charge in [-0.3, -0.25) is 14.4 Å². The highest BCUT2D eigenvalue weighted by Gasteiger charge is 2.36. The quantitative estimate of drug-likeness (QED) is 0.416. The fourth-order valence-electron chi connectivity index (χ4n) is 4.08. The fourth-order valence-corrected chi connectivity index (χ4v) is 5.67. The van der Waals surface area contributed by atoms with Crippen LogP contribution in [0.25, 0.3) is 0 Å². The average molecular weight is 518 g/mol. The number of nitrogen functional groups attached to an aromatic ring is 1. The van der Waals surface area contributed by atoms with Gasteiger partial charge in [0.05, 0.1) is 12.2 Å². The molecule has 1 fully saturated rings. The molecule has 2 heterocycles. The molecule has 178 valence electrons. The van der Waals surface area contributed by atoms with E-state index in [1.807, 2.05) is 17.5 Å². The molecule has 0 unspecified atom stereocenters. The molecule has 2 aromatic heterocycles. The van der Waals surface area contributed by atoms with Gasteiger partial charge in [0.15, 0.2) is 5.69 Å². The van der Waals surface area contributed by atoms with Crippen LogP contribution in [0.4, 0.5) is 5.69 Å². The molecule has 5 N–H and O–H groups in total. The number of rotatable bonds is 8. The summed E-state index contributed by atoms with van der Waals surface area (Å²) in [5.41, 5.74) is 11.8. The first-order valence-electron chi connectivity index (χ1n) is 10.8. The van der Waals surface area contributed by atoms with Crippen LogP contribution in [0.15, 0.2) is 41.8 Å². The van der Waals surface area contributed by atoms with Gasteiger partial charge in [0.2, 0.25) is 5.91 Å². The summed E-state index contributed by atoms with van der Waals surface area (Å²) >= 11 is 8.36. The molecule has 34 heavy (non-hydrogen) atoms.